The number of sulfonamides is 1. The third-order valence-electron chi connectivity index (χ3n) is 6.01. The van der Waals surface area contributed by atoms with Crippen LogP contribution in [0.25, 0.3) is 0 Å². The highest BCUT2D eigenvalue weighted by molar-refractivity contribution is 7.92. The number of anilines is 1. The van der Waals surface area contributed by atoms with E-state index in [1.807, 2.05) is 20.8 Å². The molecule has 2 unspecified atom stereocenters. The van der Waals surface area contributed by atoms with Crippen LogP contribution in [-0.4, -0.2) is 50.0 Å². The SMILES string of the molecule is CCC(C)NC(=O)C(CC)N(Cc1ccc(Cl)cc1Cl)C(=O)CCCN(c1ccc(Cl)cc1)S(C)(=O)=O. The Morgan fingerprint density at radius 3 is 2.14 bits per heavy atom. The van der Waals surface area contributed by atoms with Crippen molar-refractivity contribution < 1.29 is 18.0 Å². The molecular formula is C26H34Cl3N3O4S. The summed E-state index contributed by atoms with van der Waals surface area (Å²) in [5.41, 5.74) is 1.12. The van der Waals surface area contributed by atoms with E-state index in [-0.39, 0.29) is 43.8 Å². The molecule has 0 fully saturated rings. The lowest BCUT2D eigenvalue weighted by molar-refractivity contribution is -0.141. The van der Waals surface area contributed by atoms with Crippen LogP contribution < -0.4 is 9.62 Å². The number of benzene rings is 2. The molecule has 0 saturated heterocycles. The number of hydrogen-bond donors (Lipinski definition) is 1. The molecule has 2 atom stereocenters. The number of nitrogens with zero attached hydrogens (tertiary/aromatic N) is 2. The molecule has 2 amide bonds. The van der Waals surface area contributed by atoms with Gasteiger partial charge in [0.2, 0.25) is 21.8 Å². The monoisotopic (exact) mass is 589 g/mol. The lowest BCUT2D eigenvalue weighted by Gasteiger charge is -2.32. The average Bonchev–Trinajstić information content (AvgIpc) is 2.82. The molecular weight excluding hydrogens is 557 g/mol. The van der Waals surface area contributed by atoms with E-state index in [9.17, 15) is 18.0 Å². The normalized spacial score (nSPS) is 13.1. The molecule has 0 aliphatic carbocycles. The van der Waals surface area contributed by atoms with Crippen LogP contribution >= 0.6 is 34.8 Å². The summed E-state index contributed by atoms with van der Waals surface area (Å²) in [6.45, 7) is 5.93. The van der Waals surface area contributed by atoms with Crippen LogP contribution in [0.15, 0.2) is 42.5 Å². The van der Waals surface area contributed by atoms with Crippen molar-refractivity contribution in [1.82, 2.24) is 10.2 Å². The van der Waals surface area contributed by atoms with Gasteiger partial charge in [-0.15, -0.1) is 0 Å². The number of amides is 2. The second kappa shape index (κ2) is 14.2. The quantitative estimate of drug-likeness (QED) is 0.314. The van der Waals surface area contributed by atoms with Gasteiger partial charge in [0.1, 0.15) is 6.04 Å². The molecule has 0 aromatic heterocycles. The standard InChI is InChI=1S/C26H34Cl3N3O4S/c1-5-18(3)30-26(34)24(6-2)31(17-19-9-10-21(28)16-23(19)29)25(33)8-7-15-32(37(4,35)36)22-13-11-20(27)12-14-22/h9-14,16,18,24H,5-8,15,17H2,1-4H3,(H,30,34). The van der Waals surface area contributed by atoms with Crippen LogP contribution in [0.5, 0.6) is 0 Å². The lowest BCUT2D eigenvalue weighted by atomic mass is 10.1. The first-order valence-electron chi connectivity index (χ1n) is 12.1. The first kappa shape index (κ1) is 31.2. The number of carbonyl (C=O) groups excluding carboxylic acids is 2. The van der Waals surface area contributed by atoms with E-state index in [0.717, 1.165) is 12.7 Å². The van der Waals surface area contributed by atoms with E-state index in [1.54, 1.807) is 42.5 Å². The Morgan fingerprint density at radius 1 is 0.973 bits per heavy atom. The summed E-state index contributed by atoms with van der Waals surface area (Å²) in [6.07, 6.45) is 2.57. The molecule has 11 heteroatoms. The van der Waals surface area contributed by atoms with Gasteiger partial charge in [0.15, 0.2) is 0 Å². The van der Waals surface area contributed by atoms with Gasteiger partial charge in [-0.1, -0.05) is 54.7 Å². The zero-order chi connectivity index (χ0) is 27.8. The molecule has 0 aliphatic heterocycles. The summed E-state index contributed by atoms with van der Waals surface area (Å²) in [5.74, 6) is -0.518. The minimum Gasteiger partial charge on any atom is -0.352 e. The van der Waals surface area contributed by atoms with Crippen LogP contribution in [0.4, 0.5) is 5.69 Å². The molecule has 0 bridgehead atoms. The molecule has 204 valence electrons. The third-order valence-corrected chi connectivity index (χ3v) is 8.04. The highest BCUT2D eigenvalue weighted by Gasteiger charge is 2.30. The van der Waals surface area contributed by atoms with Crippen molar-refractivity contribution in [3.8, 4) is 0 Å². The first-order chi connectivity index (χ1) is 17.4. The summed E-state index contributed by atoms with van der Waals surface area (Å²) < 4.78 is 26.1. The van der Waals surface area contributed by atoms with Crippen molar-refractivity contribution >= 4 is 62.3 Å². The molecule has 37 heavy (non-hydrogen) atoms. The van der Waals surface area contributed by atoms with E-state index in [0.29, 0.717) is 32.7 Å². The minimum absolute atomic E-state index is 0.0396. The van der Waals surface area contributed by atoms with E-state index in [1.165, 1.54) is 9.21 Å². The number of nitrogens with one attached hydrogen (secondary N) is 1. The largest absolute Gasteiger partial charge is 0.352 e. The fourth-order valence-corrected chi connectivity index (χ4v) is 5.36. The van der Waals surface area contributed by atoms with E-state index < -0.39 is 16.1 Å². The second-order valence-electron chi connectivity index (χ2n) is 8.91. The van der Waals surface area contributed by atoms with Crippen LogP contribution in [0.2, 0.25) is 15.1 Å². The summed E-state index contributed by atoms with van der Waals surface area (Å²) in [4.78, 5) is 28.1. The Labute approximate surface area is 235 Å². The van der Waals surface area contributed by atoms with Crippen molar-refractivity contribution in [1.29, 1.82) is 0 Å². The molecule has 7 nitrogen and oxygen atoms in total. The van der Waals surface area contributed by atoms with E-state index in [2.05, 4.69) is 5.32 Å². The van der Waals surface area contributed by atoms with Crippen molar-refractivity contribution in [3.63, 3.8) is 0 Å². The molecule has 2 rings (SSSR count). The highest BCUT2D eigenvalue weighted by Crippen LogP contribution is 2.25. The lowest BCUT2D eigenvalue weighted by Crippen LogP contribution is -2.50. The zero-order valence-corrected chi connectivity index (χ0v) is 24.6. The maximum atomic E-state index is 13.5. The predicted molar refractivity (Wildman–Crippen MR) is 152 cm³/mol. The second-order valence-corrected chi connectivity index (χ2v) is 12.1. The van der Waals surface area contributed by atoms with Crippen LogP contribution in [0.3, 0.4) is 0 Å². The Balaban J connectivity index is 2.25. The van der Waals surface area contributed by atoms with Crippen LogP contribution in [0, 0.1) is 0 Å². The number of halogens is 3. The van der Waals surface area contributed by atoms with Crippen molar-refractivity contribution in [2.24, 2.45) is 0 Å². The number of carbonyl (C=O) groups is 2. The van der Waals surface area contributed by atoms with Gasteiger partial charge < -0.3 is 10.2 Å². The molecule has 2 aromatic rings. The Kier molecular flexibility index (Phi) is 12.0. The Morgan fingerprint density at radius 2 is 1.59 bits per heavy atom. The van der Waals surface area contributed by atoms with Crippen LogP contribution in [0.1, 0.15) is 52.0 Å². The number of hydrogen-bond acceptors (Lipinski definition) is 4. The maximum absolute atomic E-state index is 13.5. The van der Waals surface area contributed by atoms with Crippen molar-refractivity contribution in [2.75, 3.05) is 17.1 Å². The van der Waals surface area contributed by atoms with Crippen molar-refractivity contribution in [2.45, 2.75) is 65.1 Å². The average molecular weight is 591 g/mol. The molecule has 1 N–H and O–H groups in total. The van der Waals surface area contributed by atoms with Crippen LogP contribution in [-0.2, 0) is 26.2 Å². The van der Waals surface area contributed by atoms with Gasteiger partial charge in [0.25, 0.3) is 0 Å². The van der Waals surface area contributed by atoms with E-state index >= 15 is 0 Å². The van der Waals surface area contributed by atoms with Gasteiger partial charge in [-0.3, -0.25) is 13.9 Å². The van der Waals surface area contributed by atoms with Gasteiger partial charge in [-0.25, -0.2) is 8.42 Å². The van der Waals surface area contributed by atoms with Gasteiger partial charge in [0.05, 0.1) is 11.9 Å². The Bertz CT molecular complexity index is 1180. The molecule has 0 heterocycles. The molecule has 0 aliphatic rings. The highest BCUT2D eigenvalue weighted by atomic mass is 35.5. The van der Waals surface area contributed by atoms with E-state index in [4.69, 9.17) is 34.8 Å². The van der Waals surface area contributed by atoms with Gasteiger partial charge in [0, 0.05) is 40.6 Å². The smallest absolute Gasteiger partial charge is 0.243 e. The zero-order valence-electron chi connectivity index (χ0n) is 21.5. The summed E-state index contributed by atoms with van der Waals surface area (Å²) in [7, 11) is -3.59. The summed E-state index contributed by atoms with van der Waals surface area (Å²) >= 11 is 18.4. The molecule has 0 saturated carbocycles. The molecule has 2 aromatic carbocycles. The fourth-order valence-electron chi connectivity index (χ4n) is 3.81. The fraction of sp³-hybridized carbons (Fsp3) is 0.462. The van der Waals surface area contributed by atoms with Gasteiger partial charge in [-0.05, 0) is 68.1 Å². The topological polar surface area (TPSA) is 86.8 Å². The third kappa shape index (κ3) is 9.36. The van der Waals surface area contributed by atoms with Crippen molar-refractivity contribution in [3.05, 3.63) is 63.1 Å². The maximum Gasteiger partial charge on any atom is 0.243 e. The number of rotatable bonds is 13. The summed E-state index contributed by atoms with van der Waals surface area (Å²) in [5, 5.41) is 4.32. The van der Waals surface area contributed by atoms with Gasteiger partial charge >= 0.3 is 0 Å². The minimum atomic E-state index is -3.59. The molecule has 0 spiro atoms. The van der Waals surface area contributed by atoms with Gasteiger partial charge in [-0.2, -0.15) is 0 Å². The predicted octanol–water partition coefficient (Wildman–Crippen LogP) is 5.92. The Hall–Kier alpha value is -2.00. The summed E-state index contributed by atoms with van der Waals surface area (Å²) in [6, 6.07) is 10.7. The molecule has 0 radical (unpaired) electrons. The first-order valence-corrected chi connectivity index (χ1v) is 15.1.